The van der Waals surface area contributed by atoms with Gasteiger partial charge in [-0.1, -0.05) is 24.3 Å². The lowest BCUT2D eigenvalue weighted by atomic mass is 10.2. The molecule has 2 nitrogen and oxygen atoms in total. The van der Waals surface area contributed by atoms with Crippen molar-refractivity contribution in [3.05, 3.63) is 35.1 Å². The van der Waals surface area contributed by atoms with Gasteiger partial charge in [-0.3, -0.25) is 0 Å². The maximum absolute atomic E-state index is 4.12. The average Bonchev–Trinajstić information content (AvgIpc) is 2.03. The third kappa shape index (κ3) is 2.55. The zero-order valence-electron chi connectivity index (χ0n) is 7.91. The van der Waals surface area contributed by atoms with Crippen molar-refractivity contribution in [2.45, 2.75) is 6.54 Å². The molecule has 0 heterocycles. The number of nitrogens with zero attached hydrogens (tertiary/aromatic N) is 2. The van der Waals surface area contributed by atoms with E-state index in [-0.39, 0.29) is 0 Å². The highest BCUT2D eigenvalue weighted by Gasteiger charge is 1.92. The van der Waals surface area contributed by atoms with Crippen molar-refractivity contribution in [3.8, 4) is 0 Å². The van der Waals surface area contributed by atoms with E-state index in [2.05, 4.69) is 36.4 Å². The van der Waals surface area contributed by atoms with Crippen LogP contribution >= 0.6 is 0 Å². The van der Waals surface area contributed by atoms with E-state index in [9.17, 15) is 0 Å². The van der Waals surface area contributed by atoms with Gasteiger partial charge in [-0.25, -0.2) is 0 Å². The number of hydrogen-bond acceptors (Lipinski definition) is 1. The number of rotatable bonds is 3. The lowest BCUT2D eigenvalue weighted by Crippen LogP contribution is -2.10. The molecule has 0 radical (unpaired) electrons. The Morgan fingerprint density at radius 1 is 1.33 bits per heavy atom. The summed E-state index contributed by atoms with van der Waals surface area (Å²) in [5.41, 5.74) is 2.36. The van der Waals surface area contributed by atoms with Crippen LogP contribution in [0.15, 0.2) is 24.3 Å². The smallest absolute Gasteiger partial charge is 0.0227 e. The molecule has 0 saturated carbocycles. The molecule has 12 heavy (non-hydrogen) atoms. The number of hydrogen-bond donors (Lipinski definition) is 0. The molecule has 0 amide bonds. The summed E-state index contributed by atoms with van der Waals surface area (Å²) < 4.78 is 0. The van der Waals surface area contributed by atoms with Crippen LogP contribution in [-0.4, -0.2) is 26.0 Å². The second kappa shape index (κ2) is 4.12. The van der Waals surface area contributed by atoms with Gasteiger partial charge in [0.25, 0.3) is 0 Å². The Morgan fingerprint density at radius 2 is 2.08 bits per heavy atom. The minimum atomic E-state index is 0.976. The van der Waals surface area contributed by atoms with Gasteiger partial charge in [-0.2, -0.15) is 0 Å². The molecule has 0 aliphatic heterocycles. The van der Waals surface area contributed by atoms with Crippen molar-refractivity contribution in [3.63, 3.8) is 0 Å². The molecule has 0 unspecified atom stereocenters. The first kappa shape index (κ1) is 9.07. The molecule has 66 valence electrons. The summed E-state index contributed by atoms with van der Waals surface area (Å²) in [5.74, 6) is 0. The molecule has 0 aromatic heterocycles. The van der Waals surface area contributed by atoms with Gasteiger partial charge in [-0.15, -0.1) is 12.7 Å². The van der Waals surface area contributed by atoms with Crippen LogP contribution in [0.1, 0.15) is 5.56 Å². The van der Waals surface area contributed by atoms with E-state index in [1.165, 1.54) is 5.56 Å². The summed E-state index contributed by atoms with van der Waals surface area (Å²) in [6, 6.07) is 8.29. The molecule has 0 bridgehead atoms. The monoisotopic (exact) mass is 163 g/mol. The first-order chi connectivity index (χ1) is 5.72. The third-order valence-corrected chi connectivity index (χ3v) is 1.67. The van der Waals surface area contributed by atoms with Crippen LogP contribution in [0, 0.1) is 0 Å². The van der Waals surface area contributed by atoms with Crippen LogP contribution in [0.25, 0.3) is 5.32 Å². The fraction of sp³-hybridized carbons (Fsp3) is 0.400. The van der Waals surface area contributed by atoms with E-state index >= 15 is 0 Å². The predicted octanol–water partition coefficient (Wildman–Crippen LogP) is 2.38. The molecule has 2 heteroatoms. The zero-order valence-corrected chi connectivity index (χ0v) is 7.91. The van der Waals surface area contributed by atoms with Gasteiger partial charge in [0.15, 0.2) is 0 Å². The molecule has 0 aliphatic rings. The van der Waals surface area contributed by atoms with Crippen LogP contribution < -0.4 is 0 Å². The Balaban J connectivity index is 2.72. The molecular formula is C10H15N2-. The quantitative estimate of drug-likeness (QED) is 0.668. The first-order valence-corrected chi connectivity index (χ1v) is 4.06. The van der Waals surface area contributed by atoms with Gasteiger partial charge in [0, 0.05) is 6.54 Å². The highest BCUT2D eigenvalue weighted by Crippen LogP contribution is 2.17. The molecular weight excluding hydrogens is 148 g/mol. The fourth-order valence-corrected chi connectivity index (χ4v) is 1.16. The minimum Gasteiger partial charge on any atom is -0.687 e. The lowest BCUT2D eigenvalue weighted by molar-refractivity contribution is 0.402. The van der Waals surface area contributed by atoms with Gasteiger partial charge in [0.05, 0.1) is 0 Å². The standard InChI is InChI=1S/C10H15N2/c1-11-10-6-4-5-9(7-10)8-12(2)3/h4-7H,8H2,1-3H3/q-1. The van der Waals surface area contributed by atoms with Crippen molar-refractivity contribution in [1.82, 2.24) is 4.90 Å². The first-order valence-electron chi connectivity index (χ1n) is 4.06. The Bertz CT molecular complexity index is 243. The third-order valence-electron chi connectivity index (χ3n) is 1.67. The molecule has 1 rings (SSSR count). The molecule has 0 saturated heterocycles. The second-order valence-corrected chi connectivity index (χ2v) is 3.13. The van der Waals surface area contributed by atoms with E-state index in [1.807, 2.05) is 19.2 Å². The highest BCUT2D eigenvalue weighted by molar-refractivity contribution is 5.49. The lowest BCUT2D eigenvalue weighted by Gasteiger charge is -2.16. The van der Waals surface area contributed by atoms with Crippen LogP contribution in [0.3, 0.4) is 0 Å². The van der Waals surface area contributed by atoms with Gasteiger partial charge in [0.1, 0.15) is 0 Å². The van der Waals surface area contributed by atoms with Crippen LogP contribution in [0.5, 0.6) is 0 Å². The molecule has 0 aliphatic carbocycles. The molecule has 0 N–H and O–H groups in total. The van der Waals surface area contributed by atoms with Gasteiger partial charge in [-0.05, 0) is 19.7 Å². The second-order valence-electron chi connectivity index (χ2n) is 3.13. The Hall–Kier alpha value is -1.02. The Kier molecular flexibility index (Phi) is 3.11. The fourth-order valence-electron chi connectivity index (χ4n) is 1.16. The summed E-state index contributed by atoms with van der Waals surface area (Å²) in [7, 11) is 5.94. The largest absolute Gasteiger partial charge is 0.687 e. The van der Waals surface area contributed by atoms with Crippen molar-refractivity contribution in [1.29, 1.82) is 0 Å². The summed E-state index contributed by atoms with van der Waals surface area (Å²) in [4.78, 5) is 2.15. The summed E-state index contributed by atoms with van der Waals surface area (Å²) in [6.07, 6.45) is 0. The average molecular weight is 163 g/mol. The van der Waals surface area contributed by atoms with Crippen molar-refractivity contribution < 1.29 is 0 Å². The maximum Gasteiger partial charge on any atom is 0.0227 e. The SMILES string of the molecule is C[N-]c1cccc(CN(C)C)c1. The van der Waals surface area contributed by atoms with Gasteiger partial charge in [0.2, 0.25) is 0 Å². The summed E-state index contributed by atoms with van der Waals surface area (Å²) >= 11 is 0. The topological polar surface area (TPSA) is 17.3 Å². The molecule has 0 fully saturated rings. The molecule has 0 atom stereocenters. The van der Waals surface area contributed by atoms with Crippen molar-refractivity contribution >= 4 is 5.69 Å². The van der Waals surface area contributed by atoms with Gasteiger partial charge >= 0.3 is 0 Å². The molecule has 1 aromatic rings. The Morgan fingerprint density at radius 3 is 2.67 bits per heavy atom. The van der Waals surface area contributed by atoms with E-state index in [1.54, 1.807) is 0 Å². The summed E-state index contributed by atoms with van der Waals surface area (Å²) in [6.45, 7) is 0.976. The van der Waals surface area contributed by atoms with Crippen LogP contribution in [0.4, 0.5) is 5.69 Å². The van der Waals surface area contributed by atoms with E-state index < -0.39 is 0 Å². The predicted molar refractivity (Wildman–Crippen MR) is 52.8 cm³/mol. The van der Waals surface area contributed by atoms with E-state index in [4.69, 9.17) is 0 Å². The molecule has 1 aromatic carbocycles. The van der Waals surface area contributed by atoms with Crippen molar-refractivity contribution in [2.24, 2.45) is 0 Å². The highest BCUT2D eigenvalue weighted by atomic mass is 15.0. The summed E-state index contributed by atoms with van der Waals surface area (Å²) in [5, 5.41) is 4.12. The van der Waals surface area contributed by atoms with Crippen LogP contribution in [-0.2, 0) is 6.54 Å². The Labute approximate surface area is 74.2 Å². The van der Waals surface area contributed by atoms with E-state index in [0.717, 1.165) is 12.2 Å². The molecule has 0 spiro atoms. The minimum absolute atomic E-state index is 0.976. The van der Waals surface area contributed by atoms with E-state index in [0.29, 0.717) is 0 Å². The zero-order chi connectivity index (χ0) is 8.97. The van der Waals surface area contributed by atoms with Crippen LogP contribution in [0.2, 0.25) is 0 Å². The number of benzene rings is 1. The van der Waals surface area contributed by atoms with Crippen molar-refractivity contribution in [2.75, 3.05) is 21.1 Å². The normalized spacial score (nSPS) is 10.3. The maximum atomic E-state index is 4.12. The van der Waals surface area contributed by atoms with Gasteiger partial charge < -0.3 is 10.2 Å².